The van der Waals surface area contributed by atoms with Gasteiger partial charge in [0.05, 0.1) is 11.5 Å². The molecule has 0 saturated heterocycles. The lowest BCUT2D eigenvalue weighted by atomic mass is 9.86. The van der Waals surface area contributed by atoms with Crippen molar-refractivity contribution >= 4 is 10.0 Å². The number of rotatable bonds is 4. The van der Waals surface area contributed by atoms with Crippen molar-refractivity contribution in [1.82, 2.24) is 4.72 Å². The van der Waals surface area contributed by atoms with Gasteiger partial charge >= 0.3 is 0 Å². The third kappa shape index (κ3) is 5.00. The van der Waals surface area contributed by atoms with E-state index in [1.54, 1.807) is 18.2 Å². The highest BCUT2D eigenvalue weighted by atomic mass is 32.2. The van der Waals surface area contributed by atoms with Crippen LogP contribution in [-0.4, -0.2) is 20.6 Å². The number of hydrogen-bond acceptors (Lipinski definition) is 3. The molecule has 0 aromatic heterocycles. The molecule has 1 N–H and O–H groups in total. The van der Waals surface area contributed by atoms with Crippen molar-refractivity contribution in [1.29, 1.82) is 0 Å². The molecule has 1 rings (SSSR count). The van der Waals surface area contributed by atoms with Crippen molar-refractivity contribution in [2.24, 2.45) is 0 Å². The van der Waals surface area contributed by atoms with E-state index in [0.29, 0.717) is 6.61 Å². The summed E-state index contributed by atoms with van der Waals surface area (Å²) in [5.74, 6) is 0.736. The fourth-order valence-corrected chi connectivity index (χ4v) is 3.45. The van der Waals surface area contributed by atoms with Gasteiger partial charge in [-0.3, -0.25) is 0 Å². The van der Waals surface area contributed by atoms with Gasteiger partial charge < -0.3 is 4.74 Å². The molecule has 0 amide bonds. The molecule has 0 heterocycles. The van der Waals surface area contributed by atoms with Gasteiger partial charge in [0.25, 0.3) is 0 Å². The highest BCUT2D eigenvalue weighted by Gasteiger charge is 2.26. The topological polar surface area (TPSA) is 55.4 Å². The molecule has 0 radical (unpaired) electrons. The van der Waals surface area contributed by atoms with Gasteiger partial charge in [-0.15, -0.1) is 0 Å². The molecule has 0 fully saturated rings. The molecule has 0 unspecified atom stereocenters. The monoisotopic (exact) mass is 313 g/mol. The number of sulfonamides is 1. The molecule has 120 valence electrons. The normalized spacial score (nSPS) is 13.3. The fraction of sp³-hybridized carbons (Fsp3) is 0.625. The number of ether oxygens (including phenoxy) is 1. The van der Waals surface area contributed by atoms with Crippen LogP contribution < -0.4 is 9.46 Å². The Balaban J connectivity index is 3.35. The highest BCUT2D eigenvalue weighted by Crippen LogP contribution is 2.33. The van der Waals surface area contributed by atoms with Gasteiger partial charge in [0.2, 0.25) is 10.0 Å². The lowest BCUT2D eigenvalue weighted by Gasteiger charge is -2.25. The Morgan fingerprint density at radius 3 is 2.10 bits per heavy atom. The maximum absolute atomic E-state index is 12.4. The maximum Gasteiger partial charge on any atom is 0.241 e. The van der Waals surface area contributed by atoms with Gasteiger partial charge in [-0.25, -0.2) is 13.1 Å². The highest BCUT2D eigenvalue weighted by molar-refractivity contribution is 7.89. The minimum absolute atomic E-state index is 0.197. The molecule has 1 aromatic rings. The zero-order valence-corrected chi connectivity index (χ0v) is 14.9. The fourth-order valence-electron chi connectivity index (χ4n) is 2.01. The first-order valence-corrected chi connectivity index (χ1v) is 8.66. The molecule has 21 heavy (non-hydrogen) atoms. The Morgan fingerprint density at radius 2 is 1.67 bits per heavy atom. The second kappa shape index (κ2) is 5.97. The summed E-state index contributed by atoms with van der Waals surface area (Å²) >= 11 is 0. The molecule has 0 aliphatic rings. The van der Waals surface area contributed by atoms with Crippen LogP contribution in [-0.2, 0) is 15.4 Å². The zero-order valence-electron chi connectivity index (χ0n) is 14.1. The van der Waals surface area contributed by atoms with Crippen molar-refractivity contribution in [3.05, 3.63) is 23.8 Å². The number of nitrogens with one attached hydrogen (secondary N) is 1. The third-order valence-electron chi connectivity index (χ3n) is 2.81. The molecule has 0 spiro atoms. The van der Waals surface area contributed by atoms with E-state index in [-0.39, 0.29) is 10.3 Å². The van der Waals surface area contributed by atoms with Crippen LogP contribution in [0.3, 0.4) is 0 Å². The smallest absolute Gasteiger partial charge is 0.241 e. The predicted molar refractivity (Wildman–Crippen MR) is 86.4 cm³/mol. The molecular formula is C16H27NO3S. The average molecular weight is 313 g/mol. The Labute approximate surface area is 129 Å². The molecule has 0 atom stereocenters. The summed E-state index contributed by atoms with van der Waals surface area (Å²) in [6.07, 6.45) is 0. The molecule has 0 bridgehead atoms. The van der Waals surface area contributed by atoms with Gasteiger partial charge in [0.1, 0.15) is 5.75 Å². The zero-order chi connectivity index (χ0) is 16.5. The Hall–Kier alpha value is -1.07. The van der Waals surface area contributed by atoms with E-state index in [1.165, 1.54) is 0 Å². The van der Waals surface area contributed by atoms with Gasteiger partial charge in [-0.05, 0) is 51.3 Å². The molecule has 1 aromatic carbocycles. The third-order valence-corrected chi connectivity index (χ3v) is 4.57. The molecule has 0 saturated carbocycles. The number of benzene rings is 1. The lowest BCUT2D eigenvalue weighted by molar-refractivity contribution is 0.329. The van der Waals surface area contributed by atoms with E-state index in [4.69, 9.17) is 4.74 Å². The summed E-state index contributed by atoms with van der Waals surface area (Å²) in [7, 11) is -3.54. The maximum atomic E-state index is 12.4. The summed E-state index contributed by atoms with van der Waals surface area (Å²) in [5.41, 5.74) is 0.179. The van der Waals surface area contributed by atoms with Crippen LogP contribution in [0.1, 0.15) is 54.0 Å². The van der Waals surface area contributed by atoms with Crippen molar-refractivity contribution in [3.63, 3.8) is 0 Å². The van der Waals surface area contributed by atoms with Crippen LogP contribution in [0.15, 0.2) is 23.1 Å². The molecular weight excluding hydrogens is 286 g/mol. The van der Waals surface area contributed by atoms with E-state index in [9.17, 15) is 8.42 Å². The second-order valence-electron chi connectivity index (χ2n) is 7.20. The summed E-state index contributed by atoms with van der Waals surface area (Å²) in [6.45, 7) is 14.1. The molecule has 5 heteroatoms. The van der Waals surface area contributed by atoms with E-state index < -0.39 is 15.6 Å². The molecule has 0 aliphatic heterocycles. The van der Waals surface area contributed by atoms with Crippen molar-refractivity contribution in [2.45, 2.75) is 64.3 Å². The van der Waals surface area contributed by atoms with Gasteiger partial charge in [0.15, 0.2) is 0 Å². The van der Waals surface area contributed by atoms with Crippen LogP contribution in [0, 0.1) is 0 Å². The predicted octanol–water partition coefficient (Wildman–Crippen LogP) is 3.46. The minimum Gasteiger partial charge on any atom is -0.494 e. The van der Waals surface area contributed by atoms with Crippen LogP contribution in [0.4, 0.5) is 0 Å². The quantitative estimate of drug-likeness (QED) is 0.926. The summed E-state index contributed by atoms with van der Waals surface area (Å²) in [6, 6.07) is 5.04. The van der Waals surface area contributed by atoms with Gasteiger partial charge in [-0.2, -0.15) is 0 Å². The van der Waals surface area contributed by atoms with E-state index >= 15 is 0 Å². The first-order chi connectivity index (χ1) is 9.37. The van der Waals surface area contributed by atoms with Gasteiger partial charge in [0, 0.05) is 11.1 Å². The molecule has 4 nitrogen and oxygen atoms in total. The minimum atomic E-state index is -3.54. The van der Waals surface area contributed by atoms with Crippen molar-refractivity contribution in [2.75, 3.05) is 6.61 Å². The van der Waals surface area contributed by atoms with Crippen molar-refractivity contribution in [3.8, 4) is 5.75 Å². The first kappa shape index (κ1) is 18.0. The van der Waals surface area contributed by atoms with E-state index in [1.807, 2.05) is 48.5 Å². The van der Waals surface area contributed by atoms with E-state index in [0.717, 1.165) is 11.3 Å². The Bertz CT molecular complexity index is 593. The van der Waals surface area contributed by atoms with Crippen molar-refractivity contribution < 1.29 is 13.2 Å². The summed E-state index contributed by atoms with van der Waals surface area (Å²) in [5, 5.41) is 0. The van der Waals surface area contributed by atoms with Gasteiger partial charge in [-0.1, -0.05) is 20.8 Å². The van der Waals surface area contributed by atoms with Crippen LogP contribution >= 0.6 is 0 Å². The SMILES string of the molecule is CCOc1ccc(S(=O)(=O)NC(C)(C)C)cc1C(C)(C)C. The first-order valence-electron chi connectivity index (χ1n) is 7.18. The van der Waals surface area contributed by atoms with Crippen LogP contribution in [0.2, 0.25) is 0 Å². The van der Waals surface area contributed by atoms with Crippen LogP contribution in [0.25, 0.3) is 0 Å². The van der Waals surface area contributed by atoms with E-state index in [2.05, 4.69) is 4.72 Å². The summed E-state index contributed by atoms with van der Waals surface area (Å²) < 4.78 is 33.2. The summed E-state index contributed by atoms with van der Waals surface area (Å²) in [4.78, 5) is 0.269. The molecule has 0 aliphatic carbocycles. The standard InChI is InChI=1S/C16H27NO3S/c1-8-20-14-10-9-12(11-13(14)15(2,3)4)21(18,19)17-16(5,6)7/h9-11,17H,8H2,1-7H3. The largest absolute Gasteiger partial charge is 0.494 e. The average Bonchev–Trinajstić information content (AvgIpc) is 2.24. The Morgan fingerprint density at radius 1 is 1.10 bits per heavy atom. The lowest BCUT2D eigenvalue weighted by Crippen LogP contribution is -2.40. The number of hydrogen-bond donors (Lipinski definition) is 1. The van der Waals surface area contributed by atoms with Crippen LogP contribution in [0.5, 0.6) is 5.75 Å². The Kier molecular flexibility index (Phi) is 5.11. The second-order valence-corrected chi connectivity index (χ2v) is 8.88.